The van der Waals surface area contributed by atoms with Crippen LogP contribution in [-0.4, -0.2) is 11.1 Å². The number of carbonyl (C=O) groups is 1. The van der Waals surface area contributed by atoms with Gasteiger partial charge >= 0.3 is 5.97 Å². The fourth-order valence-electron chi connectivity index (χ4n) is 2.25. The molecule has 0 aliphatic rings. The lowest BCUT2D eigenvalue weighted by molar-refractivity contribution is 0.0697. The third kappa shape index (κ3) is 2.67. The summed E-state index contributed by atoms with van der Waals surface area (Å²) in [6.07, 6.45) is 0. The summed E-state index contributed by atoms with van der Waals surface area (Å²) in [6, 6.07) is 9.88. The van der Waals surface area contributed by atoms with Gasteiger partial charge in [0.1, 0.15) is 0 Å². The van der Waals surface area contributed by atoms with E-state index in [2.05, 4.69) is 5.32 Å². The van der Waals surface area contributed by atoms with E-state index in [1.54, 1.807) is 0 Å². The Bertz CT molecular complexity index is 675. The Balaban J connectivity index is 2.56. The molecule has 0 aliphatic heterocycles. The van der Waals surface area contributed by atoms with Gasteiger partial charge in [0.15, 0.2) is 0 Å². The van der Waals surface area contributed by atoms with Gasteiger partial charge in [0.25, 0.3) is 0 Å². The normalized spacial score (nSPS) is 10.4. The number of aryl methyl sites for hydroxylation is 4. The number of anilines is 2. The van der Waals surface area contributed by atoms with Crippen LogP contribution >= 0.6 is 0 Å². The molecule has 0 bridgehead atoms. The molecule has 104 valence electrons. The van der Waals surface area contributed by atoms with Gasteiger partial charge < -0.3 is 10.4 Å². The molecule has 3 heteroatoms. The van der Waals surface area contributed by atoms with Crippen LogP contribution in [0.5, 0.6) is 0 Å². The van der Waals surface area contributed by atoms with Crippen LogP contribution in [-0.2, 0) is 0 Å². The fourth-order valence-corrected chi connectivity index (χ4v) is 2.25. The highest BCUT2D eigenvalue weighted by Crippen LogP contribution is 2.29. The second-order valence-electron chi connectivity index (χ2n) is 5.20. The van der Waals surface area contributed by atoms with Gasteiger partial charge in [0, 0.05) is 5.69 Å². The molecule has 20 heavy (non-hydrogen) atoms. The van der Waals surface area contributed by atoms with Crippen LogP contribution in [0, 0.1) is 27.7 Å². The van der Waals surface area contributed by atoms with Gasteiger partial charge in [0.2, 0.25) is 0 Å². The first-order chi connectivity index (χ1) is 9.40. The number of rotatable bonds is 3. The summed E-state index contributed by atoms with van der Waals surface area (Å²) in [6.45, 7) is 7.76. The lowest BCUT2D eigenvalue weighted by atomic mass is 10.0. The van der Waals surface area contributed by atoms with E-state index in [9.17, 15) is 9.90 Å². The molecule has 2 N–H and O–H groups in total. The summed E-state index contributed by atoms with van der Waals surface area (Å²) in [5.74, 6) is -0.904. The SMILES string of the molecule is Cc1ccc(C)c(Nc2c(C)ccc(C)c2C(=O)O)c1. The van der Waals surface area contributed by atoms with Crippen molar-refractivity contribution in [2.45, 2.75) is 27.7 Å². The number of carboxylic acids is 1. The largest absolute Gasteiger partial charge is 0.478 e. The molecule has 0 atom stereocenters. The first-order valence-electron chi connectivity index (χ1n) is 6.58. The summed E-state index contributed by atoms with van der Waals surface area (Å²) in [5, 5.41) is 12.7. The molecule has 2 aromatic rings. The molecule has 0 aromatic heterocycles. The number of carboxylic acid groups (broad SMARTS) is 1. The summed E-state index contributed by atoms with van der Waals surface area (Å²) < 4.78 is 0. The lowest BCUT2D eigenvalue weighted by Gasteiger charge is -2.16. The van der Waals surface area contributed by atoms with Gasteiger partial charge in [-0.2, -0.15) is 0 Å². The summed E-state index contributed by atoms with van der Waals surface area (Å²) in [7, 11) is 0. The third-order valence-corrected chi connectivity index (χ3v) is 3.49. The van der Waals surface area contributed by atoms with Gasteiger partial charge in [-0.25, -0.2) is 4.79 Å². The van der Waals surface area contributed by atoms with Gasteiger partial charge in [-0.1, -0.05) is 24.3 Å². The average molecular weight is 269 g/mol. The topological polar surface area (TPSA) is 49.3 Å². The highest BCUT2D eigenvalue weighted by atomic mass is 16.4. The molecule has 2 rings (SSSR count). The third-order valence-electron chi connectivity index (χ3n) is 3.49. The maximum absolute atomic E-state index is 11.5. The lowest BCUT2D eigenvalue weighted by Crippen LogP contribution is -2.07. The second-order valence-corrected chi connectivity index (χ2v) is 5.20. The van der Waals surface area contributed by atoms with Crippen molar-refractivity contribution in [2.75, 3.05) is 5.32 Å². The van der Waals surface area contributed by atoms with E-state index >= 15 is 0 Å². The number of benzene rings is 2. The molecule has 3 nitrogen and oxygen atoms in total. The van der Waals surface area contributed by atoms with E-state index in [1.165, 1.54) is 0 Å². The Morgan fingerprint density at radius 1 is 0.950 bits per heavy atom. The van der Waals surface area contributed by atoms with Crippen molar-refractivity contribution >= 4 is 17.3 Å². The van der Waals surface area contributed by atoms with E-state index in [0.717, 1.165) is 27.9 Å². The van der Waals surface area contributed by atoms with Gasteiger partial charge in [-0.15, -0.1) is 0 Å². The molecular weight excluding hydrogens is 250 g/mol. The van der Waals surface area contributed by atoms with Gasteiger partial charge in [-0.3, -0.25) is 0 Å². The molecule has 0 heterocycles. The fraction of sp³-hybridized carbons (Fsp3) is 0.235. The maximum Gasteiger partial charge on any atom is 0.338 e. The first-order valence-corrected chi connectivity index (χ1v) is 6.58. The Hall–Kier alpha value is -2.29. The maximum atomic E-state index is 11.5. The molecule has 0 aliphatic carbocycles. The minimum atomic E-state index is -0.904. The van der Waals surface area contributed by atoms with Crippen LogP contribution in [0.2, 0.25) is 0 Å². The molecule has 0 radical (unpaired) electrons. The molecule has 0 unspecified atom stereocenters. The van der Waals surface area contributed by atoms with Crippen LogP contribution in [0.1, 0.15) is 32.6 Å². The van der Waals surface area contributed by atoms with Gasteiger partial charge in [0.05, 0.1) is 11.3 Å². The highest BCUT2D eigenvalue weighted by Gasteiger charge is 2.16. The zero-order valence-electron chi connectivity index (χ0n) is 12.2. The average Bonchev–Trinajstić information content (AvgIpc) is 2.37. The molecule has 0 saturated carbocycles. The van der Waals surface area contributed by atoms with Crippen molar-refractivity contribution in [3.05, 3.63) is 58.1 Å². The van der Waals surface area contributed by atoms with E-state index in [4.69, 9.17) is 0 Å². The minimum Gasteiger partial charge on any atom is -0.478 e. The summed E-state index contributed by atoms with van der Waals surface area (Å²) in [4.78, 5) is 11.5. The van der Waals surface area contributed by atoms with Crippen molar-refractivity contribution in [1.29, 1.82) is 0 Å². The molecule has 0 spiro atoms. The molecule has 0 amide bonds. The Morgan fingerprint density at radius 2 is 1.55 bits per heavy atom. The quantitative estimate of drug-likeness (QED) is 0.870. The van der Waals surface area contributed by atoms with E-state index in [1.807, 2.05) is 58.0 Å². The Morgan fingerprint density at radius 3 is 2.20 bits per heavy atom. The molecular formula is C17H19NO2. The number of nitrogens with one attached hydrogen (secondary N) is 1. The van der Waals surface area contributed by atoms with Crippen molar-refractivity contribution in [2.24, 2.45) is 0 Å². The van der Waals surface area contributed by atoms with Crippen molar-refractivity contribution in [3.63, 3.8) is 0 Å². The highest BCUT2D eigenvalue weighted by molar-refractivity contribution is 5.97. The Labute approximate surface area is 119 Å². The zero-order chi connectivity index (χ0) is 14.9. The van der Waals surface area contributed by atoms with Crippen LogP contribution < -0.4 is 5.32 Å². The van der Waals surface area contributed by atoms with Crippen molar-refractivity contribution < 1.29 is 9.90 Å². The van der Waals surface area contributed by atoms with Crippen LogP contribution in [0.15, 0.2) is 30.3 Å². The summed E-state index contributed by atoms with van der Waals surface area (Å²) >= 11 is 0. The monoisotopic (exact) mass is 269 g/mol. The molecule has 2 aromatic carbocycles. The Kier molecular flexibility index (Phi) is 3.79. The standard InChI is InChI=1S/C17H19NO2/c1-10-5-6-11(2)14(9-10)18-16-13(4)8-7-12(3)15(16)17(19)20/h5-9,18H,1-4H3,(H,19,20). The van der Waals surface area contributed by atoms with E-state index in [0.29, 0.717) is 11.3 Å². The summed E-state index contributed by atoms with van der Waals surface area (Å²) in [5.41, 5.74) is 5.87. The zero-order valence-corrected chi connectivity index (χ0v) is 12.2. The van der Waals surface area contributed by atoms with Crippen molar-refractivity contribution in [3.8, 4) is 0 Å². The molecule has 0 saturated heterocycles. The predicted molar refractivity (Wildman–Crippen MR) is 82.1 cm³/mol. The second kappa shape index (κ2) is 5.37. The number of hydrogen-bond donors (Lipinski definition) is 2. The first kappa shape index (κ1) is 14.1. The smallest absolute Gasteiger partial charge is 0.338 e. The predicted octanol–water partition coefficient (Wildman–Crippen LogP) is 4.36. The minimum absolute atomic E-state index is 0.339. The number of aromatic carboxylic acids is 1. The van der Waals surface area contributed by atoms with Crippen molar-refractivity contribution in [1.82, 2.24) is 0 Å². The number of hydrogen-bond acceptors (Lipinski definition) is 2. The van der Waals surface area contributed by atoms with Gasteiger partial charge in [-0.05, 0) is 56.0 Å². The van der Waals surface area contributed by atoms with Crippen LogP contribution in [0.3, 0.4) is 0 Å². The van der Waals surface area contributed by atoms with E-state index < -0.39 is 5.97 Å². The van der Waals surface area contributed by atoms with E-state index in [-0.39, 0.29) is 0 Å². The van der Waals surface area contributed by atoms with Crippen LogP contribution in [0.25, 0.3) is 0 Å². The molecule has 0 fully saturated rings. The van der Waals surface area contributed by atoms with Crippen LogP contribution in [0.4, 0.5) is 11.4 Å².